The number of likely N-dealkylation sites (tertiary alicyclic amines) is 1. The highest BCUT2D eigenvalue weighted by molar-refractivity contribution is 5.79. The van der Waals surface area contributed by atoms with Gasteiger partial charge in [0.15, 0.2) is 0 Å². The minimum atomic E-state index is -0.648. The van der Waals surface area contributed by atoms with Crippen molar-refractivity contribution in [1.29, 1.82) is 5.26 Å². The third kappa shape index (κ3) is 4.79. The highest BCUT2D eigenvalue weighted by atomic mass is 16.6. The van der Waals surface area contributed by atoms with Gasteiger partial charge in [-0.3, -0.25) is 4.79 Å². The number of hydrogen-bond donors (Lipinski definition) is 0. The van der Waals surface area contributed by atoms with Crippen molar-refractivity contribution in [3.63, 3.8) is 0 Å². The first-order valence-electron chi connectivity index (χ1n) is 10.9. The number of benzene rings is 1. The number of nitriles is 1. The van der Waals surface area contributed by atoms with Crippen LogP contribution >= 0.6 is 0 Å². The number of carbonyl (C=O) groups is 1. The number of hydrogen-bond acceptors (Lipinski definition) is 5. The Bertz CT molecular complexity index is 825. The summed E-state index contributed by atoms with van der Waals surface area (Å²) < 4.78 is 18.8. The summed E-state index contributed by atoms with van der Waals surface area (Å²) in [5.41, 5.74) is 0.288. The third-order valence-corrected chi connectivity index (χ3v) is 5.85. The van der Waals surface area contributed by atoms with E-state index >= 15 is 0 Å². The first kappa shape index (κ1) is 22.6. The molecule has 2 aliphatic heterocycles. The molecule has 0 radical (unpaired) electrons. The summed E-state index contributed by atoms with van der Waals surface area (Å²) in [5, 5.41) is 9.42. The van der Waals surface area contributed by atoms with Crippen LogP contribution in [-0.2, 0) is 14.3 Å². The zero-order chi connectivity index (χ0) is 22.1. The fourth-order valence-electron chi connectivity index (χ4n) is 4.27. The van der Waals surface area contributed by atoms with Crippen molar-refractivity contribution in [2.75, 3.05) is 13.2 Å². The van der Waals surface area contributed by atoms with Crippen LogP contribution in [0, 0.1) is 11.3 Å². The molecule has 0 spiro atoms. The van der Waals surface area contributed by atoms with Crippen LogP contribution in [0.3, 0.4) is 0 Å². The maximum atomic E-state index is 12.8. The van der Waals surface area contributed by atoms with Crippen molar-refractivity contribution in [2.24, 2.45) is 0 Å². The van der Waals surface area contributed by atoms with Gasteiger partial charge >= 0.3 is 0 Å². The summed E-state index contributed by atoms with van der Waals surface area (Å²) in [6.07, 6.45) is 1.89. The molecule has 0 unspecified atom stereocenters. The number of ether oxygens (including phenoxy) is 3. The largest absolute Gasteiger partial charge is 0.485 e. The van der Waals surface area contributed by atoms with Crippen LogP contribution in [0.4, 0.5) is 0 Å². The molecule has 2 heterocycles. The van der Waals surface area contributed by atoms with E-state index in [1.807, 2.05) is 44.7 Å². The lowest BCUT2D eigenvalue weighted by atomic mass is 9.84. The number of fused-ring (bicyclic) bond motifs is 1. The highest BCUT2D eigenvalue weighted by Gasteiger charge is 2.50. The Hall–Kier alpha value is -2.10. The Morgan fingerprint density at radius 1 is 1.37 bits per heavy atom. The topological polar surface area (TPSA) is 71.8 Å². The van der Waals surface area contributed by atoms with Crippen molar-refractivity contribution in [3.8, 4) is 11.8 Å². The quantitative estimate of drug-likeness (QED) is 0.662. The first-order valence-corrected chi connectivity index (χ1v) is 10.9. The van der Waals surface area contributed by atoms with Crippen molar-refractivity contribution in [3.05, 3.63) is 29.3 Å². The average Bonchev–Trinajstić information content (AvgIpc) is 3.06. The summed E-state index contributed by atoms with van der Waals surface area (Å²) in [4.78, 5) is 14.7. The smallest absolute Gasteiger partial charge is 0.223 e. The molecule has 2 atom stereocenters. The van der Waals surface area contributed by atoms with Crippen LogP contribution in [0.5, 0.6) is 5.75 Å². The molecule has 0 aromatic heterocycles. The molecule has 1 amide bonds. The molecule has 1 aromatic carbocycles. The maximum Gasteiger partial charge on any atom is 0.223 e. The van der Waals surface area contributed by atoms with Crippen LogP contribution < -0.4 is 4.74 Å². The Balaban J connectivity index is 1.97. The molecular weight excluding hydrogens is 380 g/mol. The molecule has 6 heteroatoms. The summed E-state index contributed by atoms with van der Waals surface area (Å²) in [7, 11) is 0. The van der Waals surface area contributed by atoms with Gasteiger partial charge in [-0.25, -0.2) is 0 Å². The number of nitrogens with zero attached hydrogens (tertiary/aromatic N) is 2. The minimum absolute atomic E-state index is 0.126. The van der Waals surface area contributed by atoms with Gasteiger partial charge in [-0.1, -0.05) is 0 Å². The maximum absolute atomic E-state index is 12.8. The molecule has 164 valence electrons. The molecule has 30 heavy (non-hydrogen) atoms. The predicted octanol–water partition coefficient (Wildman–Crippen LogP) is 4.37. The van der Waals surface area contributed by atoms with Crippen LogP contribution in [0.2, 0.25) is 0 Å². The SMILES string of the molecule is CC(C)OCCC(C)(C)O[C@H]1[C@H](N2CCCC2=O)c2cc(C#N)ccc2OC1(C)C. The lowest BCUT2D eigenvalue weighted by molar-refractivity contribution is -0.187. The lowest BCUT2D eigenvalue weighted by Gasteiger charge is -2.49. The summed E-state index contributed by atoms with van der Waals surface area (Å²) in [5.74, 6) is 0.838. The molecule has 1 saturated heterocycles. The summed E-state index contributed by atoms with van der Waals surface area (Å²) in [6.45, 7) is 13.4. The van der Waals surface area contributed by atoms with Gasteiger partial charge in [0.25, 0.3) is 0 Å². The monoisotopic (exact) mass is 414 g/mol. The zero-order valence-corrected chi connectivity index (χ0v) is 19.0. The average molecular weight is 415 g/mol. The predicted molar refractivity (Wildman–Crippen MR) is 114 cm³/mol. The second kappa shape index (κ2) is 8.56. The number of rotatable bonds is 7. The molecule has 0 saturated carbocycles. The van der Waals surface area contributed by atoms with Crippen molar-refractivity contribution >= 4 is 5.91 Å². The number of carbonyl (C=O) groups excluding carboxylic acids is 1. The fraction of sp³-hybridized carbons (Fsp3) is 0.667. The molecule has 0 N–H and O–H groups in total. The molecule has 1 aromatic rings. The van der Waals surface area contributed by atoms with Crippen LogP contribution in [0.15, 0.2) is 18.2 Å². The van der Waals surface area contributed by atoms with Gasteiger partial charge in [0, 0.05) is 25.1 Å². The van der Waals surface area contributed by atoms with E-state index in [9.17, 15) is 10.1 Å². The molecule has 0 aliphatic carbocycles. The third-order valence-electron chi connectivity index (χ3n) is 5.85. The molecular formula is C24H34N2O4. The van der Waals surface area contributed by atoms with Crippen LogP contribution in [-0.4, -0.2) is 47.4 Å². The zero-order valence-electron chi connectivity index (χ0n) is 19.0. The van der Waals surface area contributed by atoms with Crippen molar-refractivity contribution in [2.45, 2.75) is 90.3 Å². The van der Waals surface area contributed by atoms with Crippen LogP contribution in [0.1, 0.15) is 78.0 Å². The van der Waals surface area contributed by atoms with E-state index < -0.39 is 11.2 Å². The van der Waals surface area contributed by atoms with Gasteiger partial charge in [-0.2, -0.15) is 5.26 Å². The normalized spacial score (nSPS) is 23.3. The standard InChI is InChI=1S/C24H34N2O4/c1-16(2)28-13-11-23(3,4)30-22-21(26-12-7-8-20(26)27)18-14-17(15-25)9-10-19(18)29-24(22,5)6/h9-10,14,16,21-22H,7-8,11-13H2,1-6H3/t21-,22+/m1/s1. The molecule has 6 nitrogen and oxygen atoms in total. The Kier molecular flexibility index (Phi) is 6.45. The van der Waals surface area contributed by atoms with E-state index in [2.05, 4.69) is 19.9 Å². The number of amides is 1. The summed E-state index contributed by atoms with van der Waals surface area (Å²) >= 11 is 0. The van der Waals surface area contributed by atoms with E-state index in [4.69, 9.17) is 14.2 Å². The van der Waals surface area contributed by atoms with E-state index in [-0.39, 0.29) is 24.2 Å². The molecule has 1 fully saturated rings. The molecule has 3 rings (SSSR count). The van der Waals surface area contributed by atoms with Gasteiger partial charge in [0.2, 0.25) is 5.91 Å². The van der Waals surface area contributed by atoms with Crippen LogP contribution in [0.25, 0.3) is 0 Å². The lowest BCUT2D eigenvalue weighted by Crippen LogP contribution is -2.57. The van der Waals surface area contributed by atoms with Crippen molar-refractivity contribution < 1.29 is 19.0 Å². The van der Waals surface area contributed by atoms with Crippen molar-refractivity contribution in [1.82, 2.24) is 4.90 Å². The second-order valence-corrected chi connectivity index (χ2v) is 9.67. The molecule has 0 bridgehead atoms. The Labute approximate surface area is 180 Å². The van der Waals surface area contributed by atoms with E-state index in [1.54, 1.807) is 6.07 Å². The Morgan fingerprint density at radius 3 is 2.70 bits per heavy atom. The minimum Gasteiger partial charge on any atom is -0.485 e. The van der Waals surface area contributed by atoms with Gasteiger partial charge in [-0.05, 0) is 72.6 Å². The van der Waals surface area contributed by atoms with E-state index in [0.717, 1.165) is 18.4 Å². The molecule has 2 aliphatic rings. The second-order valence-electron chi connectivity index (χ2n) is 9.67. The highest BCUT2D eigenvalue weighted by Crippen LogP contribution is 2.47. The van der Waals surface area contributed by atoms with E-state index in [1.165, 1.54) is 0 Å². The summed E-state index contributed by atoms with van der Waals surface area (Å²) in [6, 6.07) is 7.34. The van der Waals surface area contributed by atoms with Gasteiger partial charge < -0.3 is 19.1 Å². The fourth-order valence-corrected chi connectivity index (χ4v) is 4.27. The first-order chi connectivity index (χ1) is 14.0. The Morgan fingerprint density at radius 2 is 2.10 bits per heavy atom. The van der Waals surface area contributed by atoms with Gasteiger partial charge in [0.05, 0.1) is 29.4 Å². The van der Waals surface area contributed by atoms with Gasteiger partial charge in [-0.15, -0.1) is 0 Å². The van der Waals surface area contributed by atoms with Gasteiger partial charge in [0.1, 0.15) is 17.5 Å². The van der Waals surface area contributed by atoms with E-state index in [0.29, 0.717) is 30.9 Å².